The third-order valence-electron chi connectivity index (χ3n) is 2.96. The maximum atomic E-state index is 12.9. The van der Waals surface area contributed by atoms with Gasteiger partial charge < -0.3 is 4.90 Å². The fraction of sp³-hybridized carbons (Fsp3) is 0.308. The molecule has 9 heteroatoms. The number of anilines is 1. The highest BCUT2D eigenvalue weighted by Gasteiger charge is 2.38. The summed E-state index contributed by atoms with van der Waals surface area (Å²) in [5.74, 6) is 0. The second-order valence-corrected chi connectivity index (χ2v) is 5.64. The summed E-state index contributed by atoms with van der Waals surface area (Å²) in [6, 6.07) is 2.97. The molecule has 1 aromatic heterocycles. The van der Waals surface area contributed by atoms with Gasteiger partial charge in [0.15, 0.2) is 0 Å². The van der Waals surface area contributed by atoms with Gasteiger partial charge in [-0.05, 0) is 19.1 Å². The minimum Gasteiger partial charge on any atom is -0.368 e. The van der Waals surface area contributed by atoms with Gasteiger partial charge in [-0.15, -0.1) is 11.3 Å². The lowest BCUT2D eigenvalue weighted by molar-refractivity contribution is -0.388. The Morgan fingerprint density at radius 2 is 2.09 bits per heavy atom. The van der Waals surface area contributed by atoms with Crippen molar-refractivity contribution in [3.05, 3.63) is 50.0 Å². The SMILES string of the molecule is Cc1csc(CN(C)c2ccc([N+](=O)[O-])c(C(F)(F)F)c2)n1. The van der Waals surface area contributed by atoms with Crippen LogP contribution < -0.4 is 4.90 Å². The number of aryl methyl sites for hydroxylation is 1. The number of rotatable bonds is 4. The van der Waals surface area contributed by atoms with Crippen LogP contribution in [0.3, 0.4) is 0 Å². The molecule has 0 amide bonds. The van der Waals surface area contributed by atoms with Crippen LogP contribution in [0.25, 0.3) is 0 Å². The van der Waals surface area contributed by atoms with Gasteiger partial charge in [-0.1, -0.05) is 0 Å². The molecule has 22 heavy (non-hydrogen) atoms. The Morgan fingerprint density at radius 3 is 2.59 bits per heavy atom. The standard InChI is InChI=1S/C13H12F3N3O2S/c1-8-7-22-12(17-8)6-18(2)9-3-4-11(19(20)21)10(5-9)13(14,15)16/h3-5,7H,6H2,1-2H3. The van der Waals surface area contributed by atoms with Crippen LogP contribution in [0.4, 0.5) is 24.5 Å². The smallest absolute Gasteiger partial charge is 0.368 e. The van der Waals surface area contributed by atoms with Crippen molar-refractivity contribution in [1.29, 1.82) is 0 Å². The van der Waals surface area contributed by atoms with E-state index >= 15 is 0 Å². The van der Waals surface area contributed by atoms with Gasteiger partial charge in [0.1, 0.15) is 10.6 Å². The maximum Gasteiger partial charge on any atom is 0.423 e. The molecule has 1 aromatic carbocycles. The number of nitro benzene ring substituents is 1. The predicted molar refractivity (Wildman–Crippen MR) is 77.1 cm³/mol. The molecule has 118 valence electrons. The van der Waals surface area contributed by atoms with Gasteiger partial charge in [0.05, 0.1) is 11.5 Å². The number of halogens is 3. The summed E-state index contributed by atoms with van der Waals surface area (Å²) in [7, 11) is 1.61. The molecule has 0 aliphatic carbocycles. The first-order valence-electron chi connectivity index (χ1n) is 6.16. The van der Waals surface area contributed by atoms with E-state index in [2.05, 4.69) is 4.98 Å². The summed E-state index contributed by atoms with van der Waals surface area (Å²) in [6.07, 6.45) is -4.78. The van der Waals surface area contributed by atoms with Gasteiger partial charge in [0.25, 0.3) is 5.69 Å². The van der Waals surface area contributed by atoms with Crippen LogP contribution >= 0.6 is 11.3 Å². The summed E-state index contributed by atoms with van der Waals surface area (Å²) >= 11 is 1.41. The Kier molecular flexibility index (Phi) is 4.36. The highest BCUT2D eigenvalue weighted by Crippen LogP contribution is 2.38. The highest BCUT2D eigenvalue weighted by atomic mass is 32.1. The molecule has 0 spiro atoms. The molecule has 1 heterocycles. The molecule has 0 bridgehead atoms. The molecule has 0 saturated carbocycles. The molecular formula is C13H12F3N3O2S. The summed E-state index contributed by atoms with van der Waals surface area (Å²) in [4.78, 5) is 15.5. The van der Waals surface area contributed by atoms with E-state index < -0.39 is 22.4 Å². The summed E-state index contributed by atoms with van der Waals surface area (Å²) in [5, 5.41) is 13.3. The van der Waals surface area contributed by atoms with Gasteiger partial charge in [0.2, 0.25) is 0 Å². The molecule has 0 saturated heterocycles. The maximum absolute atomic E-state index is 12.9. The van der Waals surface area contributed by atoms with Crippen molar-refractivity contribution in [2.75, 3.05) is 11.9 Å². The first kappa shape index (κ1) is 16.2. The Labute approximate surface area is 128 Å². The van der Waals surface area contributed by atoms with Gasteiger partial charge >= 0.3 is 6.18 Å². The normalized spacial score (nSPS) is 11.5. The Balaban J connectivity index is 2.33. The number of hydrogen-bond acceptors (Lipinski definition) is 5. The van der Waals surface area contributed by atoms with E-state index in [0.29, 0.717) is 6.54 Å². The minimum absolute atomic E-state index is 0.241. The number of nitrogens with zero attached hydrogens (tertiary/aromatic N) is 3. The molecule has 0 N–H and O–H groups in total. The first-order valence-corrected chi connectivity index (χ1v) is 7.04. The minimum atomic E-state index is -4.78. The molecule has 0 radical (unpaired) electrons. The Hall–Kier alpha value is -2.16. The number of alkyl halides is 3. The molecule has 5 nitrogen and oxygen atoms in total. The van der Waals surface area contributed by atoms with E-state index in [4.69, 9.17) is 0 Å². The second kappa shape index (κ2) is 5.91. The van der Waals surface area contributed by atoms with Crippen LogP contribution in [0.2, 0.25) is 0 Å². The third-order valence-corrected chi connectivity index (χ3v) is 3.91. The lowest BCUT2D eigenvalue weighted by atomic mass is 10.1. The van der Waals surface area contributed by atoms with E-state index in [0.717, 1.165) is 22.8 Å². The van der Waals surface area contributed by atoms with E-state index in [1.54, 1.807) is 11.9 Å². The number of aromatic nitrogens is 1. The lowest BCUT2D eigenvalue weighted by Gasteiger charge is -2.19. The summed E-state index contributed by atoms with van der Waals surface area (Å²) < 4.78 is 38.8. The van der Waals surface area contributed by atoms with Crippen molar-refractivity contribution < 1.29 is 18.1 Å². The van der Waals surface area contributed by atoms with Crippen molar-refractivity contribution in [3.8, 4) is 0 Å². The van der Waals surface area contributed by atoms with Crippen LogP contribution in [0.1, 0.15) is 16.3 Å². The van der Waals surface area contributed by atoms with E-state index in [1.165, 1.54) is 17.4 Å². The fourth-order valence-electron chi connectivity index (χ4n) is 1.92. The van der Waals surface area contributed by atoms with Gasteiger partial charge in [-0.3, -0.25) is 10.1 Å². The van der Waals surface area contributed by atoms with E-state index in [1.807, 2.05) is 12.3 Å². The molecule has 0 unspecified atom stereocenters. The van der Waals surface area contributed by atoms with Crippen LogP contribution in [0.5, 0.6) is 0 Å². The van der Waals surface area contributed by atoms with Gasteiger partial charge in [-0.2, -0.15) is 13.2 Å². The quantitative estimate of drug-likeness (QED) is 0.627. The number of nitro groups is 1. The zero-order valence-electron chi connectivity index (χ0n) is 11.7. The Morgan fingerprint density at radius 1 is 1.41 bits per heavy atom. The molecule has 0 aliphatic heterocycles. The van der Waals surface area contributed by atoms with Crippen LogP contribution in [-0.4, -0.2) is 17.0 Å². The fourth-order valence-corrected chi connectivity index (χ4v) is 2.74. The average molecular weight is 331 g/mol. The van der Waals surface area contributed by atoms with Crippen molar-refractivity contribution in [1.82, 2.24) is 4.98 Å². The zero-order valence-corrected chi connectivity index (χ0v) is 12.5. The van der Waals surface area contributed by atoms with Gasteiger partial charge in [-0.25, -0.2) is 4.98 Å². The number of hydrogen-bond donors (Lipinski definition) is 0. The van der Waals surface area contributed by atoms with Crippen LogP contribution in [0.15, 0.2) is 23.6 Å². The van der Waals surface area contributed by atoms with Crippen LogP contribution in [0, 0.1) is 17.0 Å². The topological polar surface area (TPSA) is 59.3 Å². The first-order chi connectivity index (χ1) is 10.2. The molecule has 0 fully saturated rings. The van der Waals surface area contributed by atoms with E-state index in [9.17, 15) is 23.3 Å². The monoisotopic (exact) mass is 331 g/mol. The largest absolute Gasteiger partial charge is 0.423 e. The molecule has 0 aliphatic rings. The van der Waals surface area contributed by atoms with Crippen molar-refractivity contribution in [2.45, 2.75) is 19.6 Å². The predicted octanol–water partition coefficient (Wildman–Crippen LogP) is 4.01. The number of thiazole rings is 1. The Bertz CT molecular complexity index is 700. The van der Waals surface area contributed by atoms with Crippen molar-refractivity contribution in [3.63, 3.8) is 0 Å². The van der Waals surface area contributed by atoms with Crippen molar-refractivity contribution >= 4 is 22.7 Å². The summed E-state index contributed by atoms with van der Waals surface area (Å²) in [6.45, 7) is 2.15. The highest BCUT2D eigenvalue weighted by molar-refractivity contribution is 7.09. The zero-order chi connectivity index (χ0) is 16.5. The van der Waals surface area contributed by atoms with E-state index in [-0.39, 0.29) is 5.69 Å². The molecule has 2 aromatic rings. The lowest BCUT2D eigenvalue weighted by Crippen LogP contribution is -2.18. The van der Waals surface area contributed by atoms with Crippen molar-refractivity contribution in [2.24, 2.45) is 0 Å². The van der Waals surface area contributed by atoms with Crippen LogP contribution in [-0.2, 0) is 12.7 Å². The second-order valence-electron chi connectivity index (χ2n) is 4.70. The summed E-state index contributed by atoms with van der Waals surface area (Å²) in [5.41, 5.74) is -1.12. The third kappa shape index (κ3) is 3.53. The molecule has 2 rings (SSSR count). The molecule has 0 atom stereocenters. The average Bonchev–Trinajstić information content (AvgIpc) is 2.82. The van der Waals surface area contributed by atoms with Gasteiger partial charge in [0, 0.05) is 29.9 Å². The molecular weight excluding hydrogens is 319 g/mol. The number of benzene rings is 1.